The number of rotatable bonds is 6. The molecule has 1 atom stereocenters. The van der Waals surface area contributed by atoms with E-state index in [-0.39, 0.29) is 0 Å². The maximum atomic E-state index is 11.5. The number of carboxylic acid groups (broad SMARTS) is 1. The summed E-state index contributed by atoms with van der Waals surface area (Å²) in [6, 6.07) is 7.58. The highest BCUT2D eigenvalue weighted by atomic mass is 79.9. The quantitative estimate of drug-likeness (QED) is 0.838. The van der Waals surface area contributed by atoms with Crippen LogP contribution in [-0.2, 0) is 4.79 Å². The smallest absolute Gasteiger partial charge is 0.329 e. The second-order valence-electron chi connectivity index (χ2n) is 4.13. The van der Waals surface area contributed by atoms with E-state index >= 15 is 0 Å². The van der Waals surface area contributed by atoms with Crippen molar-refractivity contribution in [2.75, 3.05) is 5.32 Å². The highest BCUT2D eigenvalue weighted by molar-refractivity contribution is 9.10. The van der Waals surface area contributed by atoms with Crippen LogP contribution in [0.15, 0.2) is 28.7 Å². The zero-order valence-corrected chi connectivity index (χ0v) is 11.8. The van der Waals surface area contributed by atoms with Crippen molar-refractivity contribution in [1.82, 2.24) is 0 Å². The Hall–Kier alpha value is -1.03. The Morgan fingerprint density at radius 2 is 2.18 bits per heavy atom. The van der Waals surface area contributed by atoms with Crippen molar-refractivity contribution in [3.05, 3.63) is 28.7 Å². The first-order valence-corrected chi connectivity index (χ1v) is 6.60. The van der Waals surface area contributed by atoms with Crippen LogP contribution >= 0.6 is 15.9 Å². The maximum absolute atomic E-state index is 11.5. The van der Waals surface area contributed by atoms with Crippen molar-refractivity contribution in [2.24, 2.45) is 0 Å². The molecule has 0 aliphatic carbocycles. The van der Waals surface area contributed by atoms with Crippen molar-refractivity contribution < 1.29 is 9.90 Å². The molecule has 0 spiro atoms. The van der Waals surface area contributed by atoms with Gasteiger partial charge in [0.2, 0.25) is 0 Å². The molecule has 3 nitrogen and oxygen atoms in total. The summed E-state index contributed by atoms with van der Waals surface area (Å²) in [7, 11) is 0. The van der Waals surface area contributed by atoms with Gasteiger partial charge in [-0.2, -0.15) is 0 Å². The minimum Gasteiger partial charge on any atom is -0.480 e. The van der Waals surface area contributed by atoms with Crippen LogP contribution in [0.3, 0.4) is 0 Å². The molecule has 94 valence electrons. The summed E-state index contributed by atoms with van der Waals surface area (Å²) in [6.07, 6.45) is 2.01. The summed E-state index contributed by atoms with van der Waals surface area (Å²) in [5, 5.41) is 12.6. The molecular weight excluding hydrogens is 282 g/mol. The van der Waals surface area contributed by atoms with Crippen LogP contribution in [0.4, 0.5) is 5.69 Å². The Balaban J connectivity index is 2.96. The summed E-state index contributed by atoms with van der Waals surface area (Å²) in [5.74, 6) is -0.790. The van der Waals surface area contributed by atoms with Crippen LogP contribution < -0.4 is 5.32 Å². The first kappa shape index (κ1) is 14.0. The summed E-state index contributed by atoms with van der Waals surface area (Å²) in [6.45, 7) is 3.89. The standard InChI is InChI=1S/C13H18BrNO2/c1-3-8-13(4-2,12(16)17)15-11-7-5-6-10(14)9-11/h5-7,9,15H,3-4,8H2,1-2H3,(H,16,17). The van der Waals surface area contributed by atoms with Crippen LogP contribution in [0.25, 0.3) is 0 Å². The summed E-state index contributed by atoms with van der Waals surface area (Å²) in [5.41, 5.74) is -0.0349. The average Bonchev–Trinajstić information content (AvgIpc) is 2.28. The van der Waals surface area contributed by atoms with E-state index in [1.807, 2.05) is 38.1 Å². The molecule has 0 heterocycles. The molecule has 4 heteroatoms. The predicted octanol–water partition coefficient (Wildman–Crippen LogP) is 3.89. The average molecular weight is 300 g/mol. The molecule has 1 unspecified atom stereocenters. The lowest BCUT2D eigenvalue weighted by molar-refractivity contribution is -0.142. The SMILES string of the molecule is CCCC(CC)(Nc1cccc(Br)c1)C(=O)O. The number of hydrogen-bond acceptors (Lipinski definition) is 2. The van der Waals surface area contributed by atoms with E-state index in [4.69, 9.17) is 0 Å². The number of anilines is 1. The maximum Gasteiger partial charge on any atom is 0.329 e. The highest BCUT2D eigenvalue weighted by Crippen LogP contribution is 2.26. The number of carbonyl (C=O) groups is 1. The normalized spacial score (nSPS) is 14.1. The van der Waals surface area contributed by atoms with E-state index in [0.717, 1.165) is 16.6 Å². The van der Waals surface area contributed by atoms with Crippen molar-refractivity contribution >= 4 is 27.6 Å². The molecule has 0 bridgehead atoms. The second-order valence-corrected chi connectivity index (χ2v) is 5.04. The molecule has 0 saturated heterocycles. The third kappa shape index (κ3) is 3.46. The topological polar surface area (TPSA) is 49.3 Å². The molecule has 0 aliphatic rings. The molecule has 0 amide bonds. The van der Waals surface area contributed by atoms with Crippen LogP contribution in [0.1, 0.15) is 33.1 Å². The van der Waals surface area contributed by atoms with Gasteiger partial charge in [0.15, 0.2) is 0 Å². The van der Waals surface area contributed by atoms with Gasteiger partial charge in [0.1, 0.15) is 5.54 Å². The molecule has 1 aromatic carbocycles. The molecule has 0 aliphatic heterocycles. The van der Waals surface area contributed by atoms with Gasteiger partial charge in [0, 0.05) is 10.2 Å². The van der Waals surface area contributed by atoms with Crippen molar-refractivity contribution in [3.8, 4) is 0 Å². The van der Waals surface area contributed by atoms with Crippen molar-refractivity contribution in [3.63, 3.8) is 0 Å². The van der Waals surface area contributed by atoms with Crippen molar-refractivity contribution in [2.45, 2.75) is 38.6 Å². The minimum absolute atomic E-state index is 0.558. The monoisotopic (exact) mass is 299 g/mol. The Morgan fingerprint density at radius 3 is 2.65 bits per heavy atom. The molecular formula is C13H18BrNO2. The number of aliphatic carboxylic acids is 1. The number of carboxylic acids is 1. The fraction of sp³-hybridized carbons (Fsp3) is 0.462. The Labute approximate surface area is 110 Å². The van der Waals surface area contributed by atoms with Gasteiger partial charge in [-0.3, -0.25) is 0 Å². The fourth-order valence-electron chi connectivity index (χ4n) is 1.91. The van der Waals surface area contributed by atoms with Crippen LogP contribution in [-0.4, -0.2) is 16.6 Å². The minimum atomic E-state index is -0.866. The number of hydrogen-bond donors (Lipinski definition) is 2. The van der Waals surface area contributed by atoms with Crippen LogP contribution in [0.2, 0.25) is 0 Å². The lowest BCUT2D eigenvalue weighted by Gasteiger charge is -2.30. The number of nitrogens with one attached hydrogen (secondary N) is 1. The first-order chi connectivity index (χ1) is 8.04. The van der Waals surface area contributed by atoms with E-state index in [9.17, 15) is 9.90 Å². The molecule has 0 radical (unpaired) electrons. The van der Waals surface area contributed by atoms with E-state index in [1.54, 1.807) is 0 Å². The van der Waals surface area contributed by atoms with E-state index in [2.05, 4.69) is 21.2 Å². The Kier molecular flexibility index (Phi) is 5.00. The van der Waals surface area contributed by atoms with Gasteiger partial charge in [-0.15, -0.1) is 0 Å². The zero-order valence-electron chi connectivity index (χ0n) is 10.2. The van der Waals surface area contributed by atoms with Gasteiger partial charge in [-0.1, -0.05) is 42.3 Å². The molecule has 0 fully saturated rings. The third-order valence-corrected chi connectivity index (χ3v) is 3.39. The van der Waals surface area contributed by atoms with Gasteiger partial charge in [0.25, 0.3) is 0 Å². The predicted molar refractivity (Wildman–Crippen MR) is 73.3 cm³/mol. The van der Waals surface area contributed by atoms with E-state index < -0.39 is 11.5 Å². The van der Waals surface area contributed by atoms with Gasteiger partial charge in [-0.05, 0) is 31.0 Å². The first-order valence-electron chi connectivity index (χ1n) is 5.81. The summed E-state index contributed by atoms with van der Waals surface area (Å²) in [4.78, 5) is 11.5. The number of halogens is 1. The largest absolute Gasteiger partial charge is 0.480 e. The third-order valence-electron chi connectivity index (χ3n) is 2.90. The summed E-state index contributed by atoms with van der Waals surface area (Å²) < 4.78 is 0.939. The van der Waals surface area contributed by atoms with Gasteiger partial charge < -0.3 is 10.4 Å². The highest BCUT2D eigenvalue weighted by Gasteiger charge is 2.35. The van der Waals surface area contributed by atoms with E-state index in [0.29, 0.717) is 12.8 Å². The number of benzene rings is 1. The van der Waals surface area contributed by atoms with Crippen molar-refractivity contribution in [1.29, 1.82) is 0 Å². The second kappa shape index (κ2) is 6.05. The lowest BCUT2D eigenvalue weighted by atomic mass is 9.90. The van der Waals surface area contributed by atoms with Crippen LogP contribution in [0, 0.1) is 0 Å². The molecule has 1 aromatic rings. The Morgan fingerprint density at radius 1 is 1.47 bits per heavy atom. The lowest BCUT2D eigenvalue weighted by Crippen LogP contribution is -2.45. The zero-order chi connectivity index (χ0) is 12.9. The fourth-order valence-corrected chi connectivity index (χ4v) is 2.31. The van der Waals surface area contributed by atoms with Crippen LogP contribution in [0.5, 0.6) is 0 Å². The molecule has 1 rings (SSSR count). The summed E-state index contributed by atoms with van der Waals surface area (Å²) >= 11 is 3.38. The van der Waals surface area contributed by atoms with Gasteiger partial charge in [-0.25, -0.2) is 4.79 Å². The molecule has 0 saturated carbocycles. The van der Waals surface area contributed by atoms with E-state index in [1.165, 1.54) is 0 Å². The van der Waals surface area contributed by atoms with Gasteiger partial charge in [0.05, 0.1) is 0 Å². The molecule has 2 N–H and O–H groups in total. The molecule has 17 heavy (non-hydrogen) atoms. The van der Waals surface area contributed by atoms with Gasteiger partial charge >= 0.3 is 5.97 Å². The molecule has 0 aromatic heterocycles. The Bertz CT molecular complexity index is 395.